The minimum Gasteiger partial charge on any atom is -0.393 e. The third-order valence-electron chi connectivity index (χ3n) is 5.06. The summed E-state index contributed by atoms with van der Waals surface area (Å²) in [6.45, 7) is 0. The van der Waals surface area contributed by atoms with Crippen LogP contribution >= 0.6 is 23.4 Å². The van der Waals surface area contributed by atoms with Crippen molar-refractivity contribution in [2.24, 2.45) is 7.05 Å². The minimum absolute atomic E-state index is 0.142. The Bertz CT molecular complexity index is 883. The van der Waals surface area contributed by atoms with Crippen LogP contribution in [0, 0.1) is 0 Å². The number of aryl methyl sites for hydroxylation is 1. The molecule has 0 amide bonds. The zero-order valence-corrected chi connectivity index (χ0v) is 15.7. The Morgan fingerprint density at radius 1 is 1.12 bits per heavy atom. The van der Waals surface area contributed by atoms with Crippen molar-refractivity contribution < 1.29 is 5.11 Å². The summed E-state index contributed by atoms with van der Waals surface area (Å²) in [6.07, 6.45) is 5.53. The fourth-order valence-corrected chi connectivity index (χ4v) is 5.09. The summed E-state index contributed by atoms with van der Waals surface area (Å²) in [5.74, 6) is 0.470. The number of benzene rings is 1. The Kier molecular flexibility index (Phi) is 4.76. The number of hydrogen-bond donors (Lipinski definition) is 1. The molecule has 1 fully saturated rings. The van der Waals surface area contributed by atoms with Gasteiger partial charge in [-0.05, 0) is 62.1 Å². The molecule has 0 bridgehead atoms. The summed E-state index contributed by atoms with van der Waals surface area (Å²) in [6, 6.07) is 12.2. The molecular formula is C20H21ClN2OS. The van der Waals surface area contributed by atoms with Crippen molar-refractivity contribution in [3.05, 3.63) is 53.3 Å². The summed E-state index contributed by atoms with van der Waals surface area (Å²) < 4.78 is 2.25. The predicted molar refractivity (Wildman–Crippen MR) is 104 cm³/mol. The van der Waals surface area contributed by atoms with E-state index >= 15 is 0 Å². The SMILES string of the molecule is Cn1c2ncccc2c(Sc2ccc(Cl)cc2)c1[C@H]1CC[C@H](O)CC1. The normalized spacial score (nSPS) is 20.9. The standard InChI is InChI=1S/C20H21ClN2OS/c1-23-18(13-4-8-15(24)9-5-13)19(17-3-2-12-22-20(17)23)25-16-10-6-14(21)7-11-16/h2-3,6-7,10-13,15,24H,4-5,8-9H2,1H3/t13-,15-. The van der Waals surface area contributed by atoms with E-state index in [2.05, 4.69) is 34.8 Å². The van der Waals surface area contributed by atoms with Crippen molar-refractivity contribution >= 4 is 34.4 Å². The molecule has 5 heteroatoms. The van der Waals surface area contributed by atoms with Crippen LogP contribution < -0.4 is 0 Å². The van der Waals surface area contributed by atoms with Crippen molar-refractivity contribution in [2.75, 3.05) is 0 Å². The Balaban J connectivity index is 1.80. The molecule has 3 aromatic rings. The van der Waals surface area contributed by atoms with Crippen LogP contribution in [0.3, 0.4) is 0 Å². The first-order valence-corrected chi connectivity index (χ1v) is 9.87. The maximum atomic E-state index is 9.88. The number of pyridine rings is 1. The van der Waals surface area contributed by atoms with Crippen LogP contribution in [-0.2, 0) is 7.05 Å². The van der Waals surface area contributed by atoms with Crippen molar-refractivity contribution in [2.45, 2.75) is 47.5 Å². The van der Waals surface area contributed by atoms with E-state index in [4.69, 9.17) is 11.6 Å². The van der Waals surface area contributed by atoms with E-state index in [1.54, 1.807) is 11.8 Å². The van der Waals surface area contributed by atoms with Crippen LogP contribution in [0.4, 0.5) is 0 Å². The lowest BCUT2D eigenvalue weighted by atomic mass is 9.85. The summed E-state index contributed by atoms with van der Waals surface area (Å²) in [7, 11) is 2.11. The first-order valence-electron chi connectivity index (χ1n) is 8.68. The predicted octanol–water partition coefficient (Wildman–Crippen LogP) is 5.40. The first-order chi connectivity index (χ1) is 12.1. The molecular weight excluding hydrogens is 352 g/mol. The van der Waals surface area contributed by atoms with E-state index in [-0.39, 0.29) is 6.10 Å². The Labute approximate surface area is 157 Å². The number of aromatic nitrogens is 2. The smallest absolute Gasteiger partial charge is 0.140 e. The number of halogens is 1. The second-order valence-electron chi connectivity index (χ2n) is 6.71. The van der Waals surface area contributed by atoms with E-state index in [9.17, 15) is 5.11 Å². The van der Waals surface area contributed by atoms with E-state index < -0.39 is 0 Å². The molecule has 1 aliphatic rings. The number of nitrogens with zero attached hydrogens (tertiary/aromatic N) is 2. The summed E-state index contributed by atoms with van der Waals surface area (Å²) in [5.41, 5.74) is 2.38. The average Bonchev–Trinajstić information content (AvgIpc) is 2.90. The number of fused-ring (bicyclic) bond motifs is 1. The molecule has 0 aliphatic heterocycles. The maximum absolute atomic E-state index is 9.88. The molecule has 0 spiro atoms. The largest absolute Gasteiger partial charge is 0.393 e. The lowest BCUT2D eigenvalue weighted by Gasteiger charge is -2.27. The number of hydrogen-bond acceptors (Lipinski definition) is 3. The molecule has 4 rings (SSSR count). The molecule has 2 heterocycles. The molecule has 1 saturated carbocycles. The summed E-state index contributed by atoms with van der Waals surface area (Å²) >= 11 is 7.82. The molecule has 1 aliphatic carbocycles. The summed E-state index contributed by atoms with van der Waals surface area (Å²) in [4.78, 5) is 7.07. The minimum atomic E-state index is -0.142. The third kappa shape index (κ3) is 3.31. The highest BCUT2D eigenvalue weighted by molar-refractivity contribution is 7.99. The molecule has 0 radical (unpaired) electrons. The first kappa shape index (κ1) is 17.0. The van der Waals surface area contributed by atoms with Crippen LogP contribution in [0.2, 0.25) is 5.02 Å². The molecule has 0 atom stereocenters. The van der Waals surface area contributed by atoms with Gasteiger partial charge in [0, 0.05) is 45.1 Å². The molecule has 0 unspecified atom stereocenters. The van der Waals surface area contributed by atoms with E-state index in [1.807, 2.05) is 24.4 Å². The van der Waals surface area contributed by atoms with Crippen LogP contribution in [0.5, 0.6) is 0 Å². The van der Waals surface area contributed by atoms with Gasteiger partial charge in [0.2, 0.25) is 0 Å². The second kappa shape index (κ2) is 7.02. The van der Waals surface area contributed by atoms with Crippen molar-refractivity contribution in [3.63, 3.8) is 0 Å². The van der Waals surface area contributed by atoms with Gasteiger partial charge in [-0.3, -0.25) is 0 Å². The topological polar surface area (TPSA) is 38.0 Å². The Morgan fingerprint density at radius 3 is 2.56 bits per heavy atom. The third-order valence-corrected chi connectivity index (χ3v) is 6.45. The Hall–Kier alpha value is -1.49. The zero-order valence-electron chi connectivity index (χ0n) is 14.2. The van der Waals surface area contributed by atoms with E-state index in [1.165, 1.54) is 20.9 Å². The van der Waals surface area contributed by atoms with Crippen molar-refractivity contribution in [3.8, 4) is 0 Å². The maximum Gasteiger partial charge on any atom is 0.140 e. The lowest BCUT2D eigenvalue weighted by Crippen LogP contribution is -2.19. The van der Waals surface area contributed by atoms with Gasteiger partial charge in [-0.1, -0.05) is 23.4 Å². The van der Waals surface area contributed by atoms with Gasteiger partial charge in [0.05, 0.1) is 6.10 Å². The molecule has 130 valence electrons. The number of aliphatic hydroxyl groups excluding tert-OH is 1. The van der Waals surface area contributed by atoms with Crippen molar-refractivity contribution in [1.82, 2.24) is 9.55 Å². The fourth-order valence-electron chi connectivity index (χ4n) is 3.78. The van der Waals surface area contributed by atoms with Gasteiger partial charge < -0.3 is 9.67 Å². The van der Waals surface area contributed by atoms with Crippen LogP contribution in [-0.4, -0.2) is 20.8 Å². The molecule has 1 N–H and O–H groups in total. The van der Waals surface area contributed by atoms with Gasteiger partial charge in [-0.15, -0.1) is 0 Å². The van der Waals surface area contributed by atoms with Crippen LogP contribution in [0.1, 0.15) is 37.3 Å². The fraction of sp³-hybridized carbons (Fsp3) is 0.350. The Morgan fingerprint density at radius 2 is 1.84 bits per heavy atom. The van der Waals surface area contributed by atoms with Gasteiger partial charge in [0.25, 0.3) is 0 Å². The monoisotopic (exact) mass is 372 g/mol. The second-order valence-corrected chi connectivity index (χ2v) is 8.23. The molecule has 2 aromatic heterocycles. The van der Waals surface area contributed by atoms with Crippen LogP contribution in [0.25, 0.3) is 11.0 Å². The van der Waals surface area contributed by atoms with Crippen molar-refractivity contribution in [1.29, 1.82) is 0 Å². The van der Waals surface area contributed by atoms with Gasteiger partial charge in [0.15, 0.2) is 0 Å². The number of rotatable bonds is 3. The highest BCUT2D eigenvalue weighted by atomic mass is 35.5. The zero-order chi connectivity index (χ0) is 17.4. The van der Waals surface area contributed by atoms with Gasteiger partial charge in [-0.25, -0.2) is 4.98 Å². The molecule has 3 nitrogen and oxygen atoms in total. The quantitative estimate of drug-likeness (QED) is 0.669. The van der Waals surface area contributed by atoms with Gasteiger partial charge in [0.1, 0.15) is 5.65 Å². The molecule has 0 saturated heterocycles. The van der Waals surface area contributed by atoms with Gasteiger partial charge >= 0.3 is 0 Å². The molecule has 25 heavy (non-hydrogen) atoms. The summed E-state index contributed by atoms with van der Waals surface area (Å²) in [5, 5.41) is 11.8. The highest BCUT2D eigenvalue weighted by Gasteiger charge is 2.28. The molecule has 1 aromatic carbocycles. The van der Waals surface area contributed by atoms with Gasteiger partial charge in [-0.2, -0.15) is 0 Å². The number of aliphatic hydroxyl groups is 1. The highest BCUT2D eigenvalue weighted by Crippen LogP contribution is 2.44. The van der Waals surface area contributed by atoms with Crippen LogP contribution in [0.15, 0.2) is 52.4 Å². The lowest BCUT2D eigenvalue weighted by molar-refractivity contribution is 0.121. The average molecular weight is 373 g/mol. The van der Waals surface area contributed by atoms with E-state index in [0.29, 0.717) is 5.92 Å². The van der Waals surface area contributed by atoms with E-state index in [0.717, 1.165) is 36.4 Å².